The van der Waals surface area contributed by atoms with Crippen molar-refractivity contribution in [2.24, 2.45) is 11.8 Å². The first-order chi connectivity index (χ1) is 8.56. The van der Waals surface area contributed by atoms with Gasteiger partial charge in [0.15, 0.2) is 0 Å². The van der Waals surface area contributed by atoms with Gasteiger partial charge in [0.2, 0.25) is 5.91 Å². The Bertz CT molecular complexity index is 346. The summed E-state index contributed by atoms with van der Waals surface area (Å²) in [6.45, 7) is 5.70. The highest BCUT2D eigenvalue weighted by Gasteiger charge is 2.24. The zero-order valence-corrected chi connectivity index (χ0v) is 11.9. The number of aromatic amines is 1. The van der Waals surface area contributed by atoms with Gasteiger partial charge in [0, 0.05) is 32.5 Å². The van der Waals surface area contributed by atoms with E-state index >= 15 is 0 Å². The monoisotopic (exact) mass is 251 g/mol. The van der Waals surface area contributed by atoms with Crippen LogP contribution in [0.3, 0.4) is 0 Å². The van der Waals surface area contributed by atoms with Crippen LogP contribution in [-0.2, 0) is 11.2 Å². The number of nitrogens with one attached hydrogen (secondary N) is 2. The van der Waals surface area contributed by atoms with Gasteiger partial charge in [-0.15, -0.1) is 0 Å². The second-order valence-electron chi connectivity index (χ2n) is 5.14. The van der Waals surface area contributed by atoms with Gasteiger partial charge in [-0.3, -0.25) is 4.79 Å². The second-order valence-corrected chi connectivity index (χ2v) is 5.14. The fourth-order valence-corrected chi connectivity index (χ4v) is 2.03. The highest BCUT2D eigenvalue weighted by Crippen LogP contribution is 2.13. The Morgan fingerprint density at radius 1 is 1.50 bits per heavy atom. The molecule has 1 aromatic rings. The van der Waals surface area contributed by atoms with Crippen LogP contribution in [0.4, 0.5) is 0 Å². The average molecular weight is 251 g/mol. The van der Waals surface area contributed by atoms with Crippen molar-refractivity contribution in [2.45, 2.75) is 20.3 Å². The minimum Gasteiger partial charge on any atom is -0.367 e. The third-order valence-corrected chi connectivity index (χ3v) is 3.32. The first-order valence-corrected chi connectivity index (χ1v) is 6.57. The molecule has 102 valence electrons. The van der Waals surface area contributed by atoms with E-state index < -0.39 is 0 Å². The maximum atomic E-state index is 12.3. The molecule has 1 rings (SSSR count). The lowest BCUT2D eigenvalue weighted by molar-refractivity contribution is -0.135. The lowest BCUT2D eigenvalue weighted by Crippen LogP contribution is -2.40. The summed E-state index contributed by atoms with van der Waals surface area (Å²) >= 11 is 0. The fraction of sp³-hybridized carbons (Fsp3) is 0.643. The number of likely N-dealkylation sites (N-methyl/N-ethyl adjacent to an activating group) is 1. The average Bonchev–Trinajstić information content (AvgIpc) is 2.84. The molecule has 0 fully saturated rings. The smallest absolute Gasteiger partial charge is 0.226 e. The summed E-state index contributed by atoms with van der Waals surface area (Å²) < 4.78 is 0. The van der Waals surface area contributed by atoms with Crippen LogP contribution >= 0.6 is 0 Å². The highest BCUT2D eigenvalue weighted by molar-refractivity contribution is 5.79. The molecule has 18 heavy (non-hydrogen) atoms. The van der Waals surface area contributed by atoms with Gasteiger partial charge in [-0.1, -0.05) is 13.8 Å². The lowest BCUT2D eigenvalue weighted by Gasteiger charge is -2.26. The topological polar surface area (TPSA) is 48.1 Å². The van der Waals surface area contributed by atoms with Crippen LogP contribution in [-0.4, -0.2) is 43.0 Å². The van der Waals surface area contributed by atoms with Gasteiger partial charge in [0.1, 0.15) is 0 Å². The van der Waals surface area contributed by atoms with Gasteiger partial charge in [0.05, 0.1) is 5.92 Å². The maximum Gasteiger partial charge on any atom is 0.226 e. The number of aromatic nitrogens is 1. The van der Waals surface area contributed by atoms with Crippen molar-refractivity contribution < 1.29 is 4.79 Å². The van der Waals surface area contributed by atoms with Crippen molar-refractivity contribution in [2.75, 3.05) is 27.2 Å². The molecule has 0 aliphatic carbocycles. The predicted octanol–water partition coefficient (Wildman–Crippen LogP) is 1.51. The van der Waals surface area contributed by atoms with Crippen molar-refractivity contribution in [3.8, 4) is 0 Å². The molecule has 2 N–H and O–H groups in total. The number of H-pyrrole nitrogens is 1. The van der Waals surface area contributed by atoms with Crippen molar-refractivity contribution >= 4 is 5.91 Å². The van der Waals surface area contributed by atoms with Gasteiger partial charge in [-0.25, -0.2) is 0 Å². The Labute approximate surface area is 110 Å². The number of amides is 1. The van der Waals surface area contributed by atoms with E-state index in [0.717, 1.165) is 19.5 Å². The van der Waals surface area contributed by atoms with Gasteiger partial charge >= 0.3 is 0 Å². The van der Waals surface area contributed by atoms with Crippen LogP contribution < -0.4 is 5.32 Å². The molecule has 1 atom stereocenters. The summed E-state index contributed by atoms with van der Waals surface area (Å²) in [7, 11) is 3.78. The molecule has 0 radical (unpaired) electrons. The third kappa shape index (κ3) is 4.18. The molecule has 0 aliphatic heterocycles. The van der Waals surface area contributed by atoms with Crippen LogP contribution in [0.5, 0.6) is 0 Å². The van der Waals surface area contributed by atoms with E-state index in [1.807, 2.05) is 37.5 Å². The van der Waals surface area contributed by atoms with E-state index in [2.05, 4.69) is 24.1 Å². The molecular weight excluding hydrogens is 226 g/mol. The van der Waals surface area contributed by atoms with Crippen molar-refractivity contribution in [3.05, 3.63) is 24.0 Å². The molecule has 0 bridgehead atoms. The largest absolute Gasteiger partial charge is 0.367 e. The van der Waals surface area contributed by atoms with E-state index in [1.165, 1.54) is 5.56 Å². The van der Waals surface area contributed by atoms with Crippen molar-refractivity contribution in [1.29, 1.82) is 0 Å². The number of hydrogen-bond donors (Lipinski definition) is 2. The number of hydrogen-bond acceptors (Lipinski definition) is 2. The molecule has 0 spiro atoms. The van der Waals surface area contributed by atoms with Crippen LogP contribution in [0, 0.1) is 11.8 Å². The van der Waals surface area contributed by atoms with Gasteiger partial charge in [-0.2, -0.15) is 0 Å². The SMILES string of the molecule is CNCC(C(=O)N(C)CCc1cc[nH]c1)C(C)C. The first-order valence-electron chi connectivity index (χ1n) is 6.57. The van der Waals surface area contributed by atoms with Gasteiger partial charge < -0.3 is 15.2 Å². The zero-order chi connectivity index (χ0) is 13.5. The molecule has 1 amide bonds. The molecule has 4 heteroatoms. The summed E-state index contributed by atoms with van der Waals surface area (Å²) in [6.07, 6.45) is 4.79. The van der Waals surface area contributed by atoms with Crippen LogP contribution in [0.1, 0.15) is 19.4 Å². The van der Waals surface area contributed by atoms with E-state index in [-0.39, 0.29) is 11.8 Å². The van der Waals surface area contributed by atoms with Crippen LogP contribution in [0.25, 0.3) is 0 Å². The molecular formula is C14H25N3O. The first kappa shape index (κ1) is 14.8. The Balaban J connectivity index is 2.48. The maximum absolute atomic E-state index is 12.3. The van der Waals surface area contributed by atoms with Crippen molar-refractivity contribution in [3.63, 3.8) is 0 Å². The predicted molar refractivity (Wildman–Crippen MR) is 74.4 cm³/mol. The van der Waals surface area contributed by atoms with E-state index in [4.69, 9.17) is 0 Å². The standard InChI is InChI=1S/C14H25N3O/c1-11(2)13(10-15-3)14(18)17(4)8-6-12-5-7-16-9-12/h5,7,9,11,13,15-16H,6,8,10H2,1-4H3. The summed E-state index contributed by atoms with van der Waals surface area (Å²) in [5.41, 5.74) is 1.24. The molecule has 1 heterocycles. The molecule has 0 aromatic carbocycles. The quantitative estimate of drug-likeness (QED) is 0.771. The van der Waals surface area contributed by atoms with E-state index in [9.17, 15) is 4.79 Å². The summed E-state index contributed by atoms with van der Waals surface area (Å²) in [5.74, 6) is 0.653. The number of carbonyl (C=O) groups excluding carboxylic acids is 1. The Morgan fingerprint density at radius 3 is 2.72 bits per heavy atom. The van der Waals surface area contributed by atoms with E-state index in [0.29, 0.717) is 5.92 Å². The summed E-state index contributed by atoms with van der Waals surface area (Å²) in [6, 6.07) is 2.05. The molecule has 0 saturated heterocycles. The zero-order valence-electron chi connectivity index (χ0n) is 11.9. The number of rotatable bonds is 7. The van der Waals surface area contributed by atoms with E-state index in [1.54, 1.807) is 0 Å². The van der Waals surface area contributed by atoms with Crippen LogP contribution in [0.15, 0.2) is 18.5 Å². The molecule has 0 aliphatic rings. The minimum atomic E-state index is 0.0613. The normalized spacial score (nSPS) is 12.7. The van der Waals surface area contributed by atoms with Gasteiger partial charge in [-0.05, 0) is 31.0 Å². The molecule has 4 nitrogen and oxygen atoms in total. The molecule has 1 aromatic heterocycles. The van der Waals surface area contributed by atoms with Crippen LogP contribution in [0.2, 0.25) is 0 Å². The Kier molecular flexibility index (Phi) is 5.92. The number of nitrogens with zero attached hydrogens (tertiary/aromatic N) is 1. The summed E-state index contributed by atoms with van der Waals surface area (Å²) in [5, 5.41) is 3.10. The minimum absolute atomic E-state index is 0.0613. The Morgan fingerprint density at radius 2 is 2.22 bits per heavy atom. The van der Waals surface area contributed by atoms with Gasteiger partial charge in [0.25, 0.3) is 0 Å². The summed E-state index contributed by atoms with van der Waals surface area (Å²) in [4.78, 5) is 17.2. The second kappa shape index (κ2) is 7.21. The highest BCUT2D eigenvalue weighted by atomic mass is 16.2. The number of carbonyl (C=O) groups is 1. The molecule has 1 unspecified atom stereocenters. The third-order valence-electron chi connectivity index (χ3n) is 3.32. The molecule has 0 saturated carbocycles. The lowest BCUT2D eigenvalue weighted by atomic mass is 9.94. The Hall–Kier alpha value is -1.29. The fourth-order valence-electron chi connectivity index (χ4n) is 2.03. The van der Waals surface area contributed by atoms with Crippen molar-refractivity contribution in [1.82, 2.24) is 15.2 Å².